The van der Waals surface area contributed by atoms with Crippen molar-refractivity contribution in [2.45, 2.75) is 31.2 Å². The Morgan fingerprint density at radius 2 is 1.84 bits per heavy atom. The van der Waals surface area contributed by atoms with Crippen molar-refractivity contribution < 1.29 is 18.9 Å². The number of aromatic carboxylic acids is 1. The van der Waals surface area contributed by atoms with Gasteiger partial charge in [0.05, 0.1) is 16.4 Å². The number of carboxylic acids is 1. The summed E-state index contributed by atoms with van der Waals surface area (Å²) in [4.78, 5) is 22.6. The maximum absolute atomic E-state index is 11.9. The fourth-order valence-corrected chi connectivity index (χ4v) is 2.49. The van der Waals surface area contributed by atoms with Crippen molar-refractivity contribution in [2.24, 2.45) is 0 Å². The summed E-state index contributed by atoms with van der Waals surface area (Å²) in [6.07, 6.45) is 0.186. The maximum atomic E-state index is 11.9. The van der Waals surface area contributed by atoms with Gasteiger partial charge in [-0.1, -0.05) is 0 Å². The van der Waals surface area contributed by atoms with E-state index in [1.54, 1.807) is 0 Å². The van der Waals surface area contributed by atoms with Gasteiger partial charge in [0.15, 0.2) is 0 Å². The molecule has 1 atom stereocenters. The zero-order chi connectivity index (χ0) is 14.4. The lowest BCUT2D eigenvalue weighted by molar-refractivity contribution is -0.121. The van der Waals surface area contributed by atoms with Crippen LogP contribution in [0.15, 0.2) is 29.2 Å². The molecule has 0 spiro atoms. The van der Waals surface area contributed by atoms with Crippen molar-refractivity contribution in [3.63, 3.8) is 0 Å². The van der Waals surface area contributed by atoms with E-state index in [2.05, 4.69) is 5.32 Å². The molecule has 0 aliphatic heterocycles. The SMILES string of the molecule is CC(C)NC(=O)CCS(=O)c1ccc(C(=O)O)cc1. The van der Waals surface area contributed by atoms with Gasteiger partial charge in [0.25, 0.3) is 0 Å². The van der Waals surface area contributed by atoms with Gasteiger partial charge in [-0.15, -0.1) is 0 Å². The van der Waals surface area contributed by atoms with Crippen LogP contribution in [0.2, 0.25) is 0 Å². The second kappa shape index (κ2) is 7.04. The average Bonchev–Trinajstić information content (AvgIpc) is 2.35. The summed E-state index contributed by atoms with van der Waals surface area (Å²) in [5, 5.41) is 11.5. The Hall–Kier alpha value is -1.69. The van der Waals surface area contributed by atoms with Crippen molar-refractivity contribution in [3.05, 3.63) is 29.8 Å². The molecule has 0 saturated carbocycles. The molecule has 0 heterocycles. The molecule has 19 heavy (non-hydrogen) atoms. The van der Waals surface area contributed by atoms with E-state index in [1.165, 1.54) is 24.3 Å². The normalized spacial score (nSPS) is 12.2. The van der Waals surface area contributed by atoms with Crippen molar-refractivity contribution in [1.82, 2.24) is 5.32 Å². The molecule has 5 nitrogen and oxygen atoms in total. The molecule has 1 aromatic carbocycles. The van der Waals surface area contributed by atoms with Crippen LogP contribution in [0.4, 0.5) is 0 Å². The predicted molar refractivity (Wildman–Crippen MR) is 72.6 cm³/mol. The smallest absolute Gasteiger partial charge is 0.335 e. The van der Waals surface area contributed by atoms with Crippen molar-refractivity contribution in [3.8, 4) is 0 Å². The van der Waals surface area contributed by atoms with Crippen LogP contribution in [0.25, 0.3) is 0 Å². The standard InChI is InChI=1S/C13H17NO4S/c1-9(2)14-12(15)7-8-19(18)11-5-3-10(4-6-11)13(16)17/h3-6,9H,7-8H2,1-2H3,(H,14,15)(H,16,17). The third kappa shape index (κ3) is 5.21. The molecule has 104 valence electrons. The first-order valence-electron chi connectivity index (χ1n) is 5.91. The summed E-state index contributed by atoms with van der Waals surface area (Å²) in [5.41, 5.74) is 0.151. The first-order chi connectivity index (χ1) is 8.90. The molecule has 0 aliphatic carbocycles. The van der Waals surface area contributed by atoms with E-state index in [1.807, 2.05) is 13.8 Å². The van der Waals surface area contributed by atoms with Gasteiger partial charge in [-0.25, -0.2) is 4.79 Å². The third-order valence-corrected chi connectivity index (χ3v) is 3.70. The van der Waals surface area contributed by atoms with Crippen LogP contribution in [0.5, 0.6) is 0 Å². The van der Waals surface area contributed by atoms with Crippen molar-refractivity contribution in [2.75, 3.05) is 5.75 Å². The predicted octanol–water partition coefficient (Wildman–Crippen LogP) is 1.41. The van der Waals surface area contributed by atoms with Crippen LogP contribution in [-0.4, -0.2) is 33.0 Å². The van der Waals surface area contributed by atoms with E-state index >= 15 is 0 Å². The number of carboxylic acid groups (broad SMARTS) is 1. The Morgan fingerprint density at radius 1 is 1.26 bits per heavy atom. The molecule has 0 saturated heterocycles. The Morgan fingerprint density at radius 3 is 2.32 bits per heavy atom. The monoisotopic (exact) mass is 283 g/mol. The average molecular weight is 283 g/mol. The molecule has 6 heteroatoms. The molecule has 0 radical (unpaired) electrons. The number of hydrogen-bond donors (Lipinski definition) is 2. The number of hydrogen-bond acceptors (Lipinski definition) is 3. The number of carbonyl (C=O) groups excluding carboxylic acids is 1. The molecule has 0 aromatic heterocycles. The zero-order valence-electron chi connectivity index (χ0n) is 10.9. The van der Waals surface area contributed by atoms with Gasteiger partial charge in [0, 0.05) is 23.1 Å². The lowest BCUT2D eigenvalue weighted by atomic mass is 10.2. The number of amides is 1. The second-order valence-corrected chi connectivity index (χ2v) is 5.92. The highest BCUT2D eigenvalue weighted by Crippen LogP contribution is 2.10. The molecule has 1 unspecified atom stereocenters. The molecular formula is C13H17NO4S. The van der Waals surface area contributed by atoms with Crippen LogP contribution >= 0.6 is 0 Å². The van der Waals surface area contributed by atoms with E-state index in [9.17, 15) is 13.8 Å². The van der Waals surface area contributed by atoms with Gasteiger partial charge >= 0.3 is 5.97 Å². The van der Waals surface area contributed by atoms with E-state index in [0.717, 1.165) is 0 Å². The van der Waals surface area contributed by atoms with E-state index < -0.39 is 16.8 Å². The van der Waals surface area contributed by atoms with Gasteiger partial charge in [0.2, 0.25) is 5.91 Å². The minimum Gasteiger partial charge on any atom is -0.478 e. The van der Waals surface area contributed by atoms with E-state index in [4.69, 9.17) is 5.11 Å². The molecule has 1 aromatic rings. The van der Waals surface area contributed by atoms with Gasteiger partial charge in [-0.2, -0.15) is 0 Å². The van der Waals surface area contributed by atoms with E-state index in [-0.39, 0.29) is 29.7 Å². The van der Waals surface area contributed by atoms with Gasteiger partial charge < -0.3 is 10.4 Å². The highest BCUT2D eigenvalue weighted by molar-refractivity contribution is 7.85. The van der Waals surface area contributed by atoms with Crippen LogP contribution in [0.1, 0.15) is 30.6 Å². The fourth-order valence-electron chi connectivity index (χ4n) is 1.45. The largest absolute Gasteiger partial charge is 0.478 e. The number of rotatable bonds is 6. The van der Waals surface area contributed by atoms with Crippen LogP contribution in [0.3, 0.4) is 0 Å². The van der Waals surface area contributed by atoms with Crippen LogP contribution in [0, 0.1) is 0 Å². The second-order valence-electron chi connectivity index (χ2n) is 4.35. The maximum Gasteiger partial charge on any atom is 0.335 e. The summed E-state index contributed by atoms with van der Waals surface area (Å²) in [7, 11) is -1.29. The Bertz CT molecular complexity index is 482. The lowest BCUT2D eigenvalue weighted by Gasteiger charge is -2.08. The lowest BCUT2D eigenvalue weighted by Crippen LogP contribution is -2.30. The molecule has 1 amide bonds. The zero-order valence-corrected chi connectivity index (χ0v) is 11.7. The first kappa shape index (κ1) is 15.4. The Labute approximate surface area is 114 Å². The van der Waals surface area contributed by atoms with Gasteiger partial charge in [-0.3, -0.25) is 9.00 Å². The fraction of sp³-hybridized carbons (Fsp3) is 0.385. The van der Waals surface area contributed by atoms with Crippen molar-refractivity contribution >= 4 is 22.7 Å². The summed E-state index contributed by atoms with van der Waals surface area (Å²) >= 11 is 0. The van der Waals surface area contributed by atoms with Gasteiger partial charge in [-0.05, 0) is 38.1 Å². The summed E-state index contributed by atoms with van der Waals surface area (Å²) in [6, 6.07) is 5.91. The quantitative estimate of drug-likeness (QED) is 0.826. The molecule has 0 fully saturated rings. The minimum absolute atomic E-state index is 0.0655. The van der Waals surface area contributed by atoms with Crippen LogP contribution in [-0.2, 0) is 15.6 Å². The Kier molecular flexibility index (Phi) is 5.69. The number of carbonyl (C=O) groups is 2. The topological polar surface area (TPSA) is 83.5 Å². The highest BCUT2D eigenvalue weighted by Gasteiger charge is 2.09. The highest BCUT2D eigenvalue weighted by atomic mass is 32.2. The van der Waals surface area contributed by atoms with Crippen LogP contribution < -0.4 is 5.32 Å². The molecular weight excluding hydrogens is 266 g/mol. The molecule has 0 aliphatic rings. The van der Waals surface area contributed by atoms with Gasteiger partial charge in [0.1, 0.15) is 0 Å². The molecule has 0 bridgehead atoms. The number of benzene rings is 1. The summed E-state index contributed by atoms with van der Waals surface area (Å²) in [6.45, 7) is 3.72. The molecule has 2 N–H and O–H groups in total. The minimum atomic E-state index is -1.29. The number of nitrogens with one attached hydrogen (secondary N) is 1. The molecule has 1 rings (SSSR count). The Balaban J connectivity index is 2.54. The van der Waals surface area contributed by atoms with Crippen molar-refractivity contribution in [1.29, 1.82) is 0 Å². The summed E-state index contributed by atoms with van der Waals surface area (Å²) < 4.78 is 11.9. The first-order valence-corrected chi connectivity index (χ1v) is 7.23. The third-order valence-electron chi connectivity index (χ3n) is 2.33. The summed E-state index contributed by atoms with van der Waals surface area (Å²) in [5.74, 6) is -0.926. The van der Waals surface area contributed by atoms with E-state index in [0.29, 0.717) is 4.90 Å².